The number of carbonyl (C=O) groups is 5. The summed E-state index contributed by atoms with van der Waals surface area (Å²) < 4.78 is 17.8. The van der Waals surface area contributed by atoms with Crippen molar-refractivity contribution in [1.82, 2.24) is 0 Å². The van der Waals surface area contributed by atoms with Crippen molar-refractivity contribution in [3.8, 4) is 11.5 Å². The Morgan fingerprint density at radius 1 is 0.723 bits per heavy atom. The normalized spacial score (nSPS) is 11.5. The number of benzene rings is 3. The van der Waals surface area contributed by atoms with Crippen LogP contribution < -0.4 is 20.5 Å². The van der Waals surface area contributed by atoms with Crippen LogP contribution in [-0.2, 0) is 9.53 Å². The molecule has 47 heavy (non-hydrogen) atoms. The molecule has 5 N–H and O–H groups in total. The Balaban J connectivity index is 2.03. The predicted octanol–water partition coefficient (Wildman–Crippen LogP) is 7.43. The number of esters is 2. The van der Waals surface area contributed by atoms with Gasteiger partial charge in [-0.25, -0.2) is 19.2 Å². The van der Waals surface area contributed by atoms with Gasteiger partial charge in [0.15, 0.2) is 11.5 Å². The van der Waals surface area contributed by atoms with E-state index in [0.717, 1.165) is 6.07 Å². The van der Waals surface area contributed by atoms with E-state index >= 15 is 0 Å². The highest BCUT2D eigenvalue weighted by Gasteiger charge is 2.27. The largest absolute Gasteiger partial charge is 0.478 e. The second-order valence-corrected chi connectivity index (χ2v) is 15.0. The smallest absolute Gasteiger partial charge is 0.343 e. The minimum atomic E-state index is -1.38. The lowest BCUT2D eigenvalue weighted by Crippen LogP contribution is -2.42. The SMILES string of the molecule is CC(C)(N)COC(C)(C)CC(=O)Nc1cc(C(=O)Oc2c(Br)cc(Br)cc2C(=O)O)cc(C(=O)Oc2c(Br)cc(Br)cc2C(=O)O)c1. The molecule has 3 aromatic carbocycles. The Kier molecular flexibility index (Phi) is 12.5. The van der Waals surface area contributed by atoms with Crippen molar-refractivity contribution in [1.29, 1.82) is 0 Å². The van der Waals surface area contributed by atoms with Crippen LogP contribution in [0.25, 0.3) is 0 Å². The summed E-state index contributed by atoms with van der Waals surface area (Å²) in [6.45, 7) is 7.10. The molecule has 250 valence electrons. The molecule has 0 saturated carbocycles. The van der Waals surface area contributed by atoms with Crippen LogP contribution in [-0.4, -0.2) is 57.7 Å². The van der Waals surface area contributed by atoms with Crippen LogP contribution in [0.15, 0.2) is 60.4 Å². The van der Waals surface area contributed by atoms with Gasteiger partial charge in [0.1, 0.15) is 11.1 Å². The summed E-state index contributed by atoms with van der Waals surface area (Å²) in [5, 5.41) is 22.0. The highest BCUT2D eigenvalue weighted by atomic mass is 79.9. The number of nitrogens with one attached hydrogen (secondary N) is 1. The van der Waals surface area contributed by atoms with Crippen LogP contribution in [0.4, 0.5) is 5.69 Å². The first kappa shape index (κ1) is 38.3. The standard InChI is InChI=1S/C31H28Br4N2O10/c1-30(2,36)13-45-31(3,4)12-23(38)37-18-6-14(28(43)46-24-19(26(39)40)8-16(32)10-21(24)34)5-15(7-18)29(44)47-25-20(27(41)42)9-17(33)11-22(25)35/h5-11H,12-13,36H2,1-4H3,(H,37,38)(H,39,40)(H,41,42). The minimum absolute atomic E-state index is 0.0204. The molecule has 0 unspecified atom stereocenters. The fourth-order valence-corrected chi connectivity index (χ4v) is 6.52. The fourth-order valence-electron chi connectivity index (χ4n) is 3.91. The van der Waals surface area contributed by atoms with E-state index in [4.69, 9.17) is 19.9 Å². The van der Waals surface area contributed by atoms with Crippen LogP contribution >= 0.6 is 63.7 Å². The second-order valence-electron chi connectivity index (χ2n) is 11.5. The maximum atomic E-state index is 13.4. The van der Waals surface area contributed by atoms with Crippen LogP contribution in [0.2, 0.25) is 0 Å². The molecule has 3 rings (SSSR count). The molecule has 3 aromatic rings. The molecule has 0 heterocycles. The van der Waals surface area contributed by atoms with E-state index in [0.29, 0.717) is 8.95 Å². The number of hydrogen-bond acceptors (Lipinski definition) is 9. The number of halogens is 4. The zero-order chi connectivity index (χ0) is 35.4. The number of ether oxygens (including phenoxy) is 3. The average Bonchev–Trinajstić information content (AvgIpc) is 2.93. The van der Waals surface area contributed by atoms with Crippen molar-refractivity contribution in [2.24, 2.45) is 5.73 Å². The zero-order valence-corrected chi connectivity index (χ0v) is 31.5. The third-order valence-corrected chi connectivity index (χ3v) is 8.07. The Morgan fingerprint density at radius 3 is 1.53 bits per heavy atom. The van der Waals surface area contributed by atoms with E-state index in [1.54, 1.807) is 27.7 Å². The van der Waals surface area contributed by atoms with E-state index in [1.807, 2.05) is 0 Å². The van der Waals surface area contributed by atoms with Crippen molar-refractivity contribution >= 4 is 99.2 Å². The monoisotopic (exact) mass is 904 g/mol. The van der Waals surface area contributed by atoms with E-state index in [1.165, 1.54) is 36.4 Å². The number of rotatable bonds is 12. The first-order valence-electron chi connectivity index (χ1n) is 13.4. The summed E-state index contributed by atoms with van der Waals surface area (Å²) in [5.74, 6) is -6.07. The fraction of sp³-hybridized carbons (Fsp3) is 0.258. The highest BCUT2D eigenvalue weighted by molar-refractivity contribution is 9.11. The van der Waals surface area contributed by atoms with Crippen molar-refractivity contribution in [2.45, 2.75) is 45.3 Å². The molecular weight excluding hydrogens is 880 g/mol. The molecule has 0 bridgehead atoms. The zero-order valence-electron chi connectivity index (χ0n) is 25.2. The van der Waals surface area contributed by atoms with Gasteiger partial charge in [-0.2, -0.15) is 0 Å². The van der Waals surface area contributed by atoms with Gasteiger partial charge in [0.25, 0.3) is 0 Å². The third kappa shape index (κ3) is 10.9. The van der Waals surface area contributed by atoms with Gasteiger partial charge in [-0.1, -0.05) is 31.9 Å². The van der Waals surface area contributed by atoms with Crippen LogP contribution in [0.1, 0.15) is 75.5 Å². The quantitative estimate of drug-likeness (QED) is 0.104. The summed E-state index contributed by atoms with van der Waals surface area (Å²) in [6.07, 6.45) is -0.140. The molecule has 0 fully saturated rings. The van der Waals surface area contributed by atoms with Crippen molar-refractivity contribution in [2.75, 3.05) is 11.9 Å². The molecule has 1 amide bonds. The van der Waals surface area contributed by atoms with Gasteiger partial charge in [-0.15, -0.1) is 0 Å². The molecular formula is C31H28Br4N2O10. The number of carboxylic acid groups (broad SMARTS) is 2. The molecule has 16 heteroatoms. The number of hydrogen-bond donors (Lipinski definition) is 4. The van der Waals surface area contributed by atoms with Gasteiger partial charge < -0.3 is 35.5 Å². The van der Waals surface area contributed by atoms with Crippen molar-refractivity contribution in [3.05, 3.63) is 82.6 Å². The van der Waals surface area contributed by atoms with Crippen LogP contribution in [0.3, 0.4) is 0 Å². The summed E-state index contributed by atoms with van der Waals surface area (Å²) in [6, 6.07) is 8.96. The molecule has 12 nitrogen and oxygen atoms in total. The van der Waals surface area contributed by atoms with E-state index in [2.05, 4.69) is 69.0 Å². The Bertz CT molecular complexity index is 1670. The molecule has 0 saturated heterocycles. The summed E-state index contributed by atoms with van der Waals surface area (Å²) in [4.78, 5) is 63.6. The van der Waals surface area contributed by atoms with E-state index in [-0.39, 0.29) is 61.4 Å². The first-order chi connectivity index (χ1) is 21.7. The molecule has 0 atom stereocenters. The minimum Gasteiger partial charge on any atom is -0.478 e. The lowest BCUT2D eigenvalue weighted by atomic mass is 10.0. The Hall–Kier alpha value is -3.15. The van der Waals surface area contributed by atoms with Gasteiger partial charge in [-0.3, -0.25) is 4.79 Å². The molecule has 0 spiro atoms. The van der Waals surface area contributed by atoms with Gasteiger partial charge in [-0.05, 0) is 102 Å². The van der Waals surface area contributed by atoms with Gasteiger partial charge in [0.05, 0.1) is 38.7 Å². The van der Waals surface area contributed by atoms with E-state index < -0.39 is 40.9 Å². The average molecular weight is 908 g/mol. The number of anilines is 1. The first-order valence-corrected chi connectivity index (χ1v) is 16.6. The van der Waals surface area contributed by atoms with Gasteiger partial charge in [0, 0.05) is 20.2 Å². The van der Waals surface area contributed by atoms with E-state index in [9.17, 15) is 34.2 Å². The Morgan fingerprint density at radius 2 is 1.15 bits per heavy atom. The molecule has 0 radical (unpaired) electrons. The highest BCUT2D eigenvalue weighted by Crippen LogP contribution is 2.35. The third-order valence-electron chi connectivity index (χ3n) is 5.98. The number of carboxylic acids is 2. The van der Waals surface area contributed by atoms with Gasteiger partial charge >= 0.3 is 23.9 Å². The lowest BCUT2D eigenvalue weighted by Gasteiger charge is -2.29. The molecule has 0 aliphatic rings. The molecule has 0 aliphatic heterocycles. The number of carbonyl (C=O) groups excluding carboxylic acids is 3. The number of nitrogens with two attached hydrogens (primary N) is 1. The van der Waals surface area contributed by atoms with Crippen LogP contribution in [0.5, 0.6) is 11.5 Å². The summed E-state index contributed by atoms with van der Waals surface area (Å²) >= 11 is 12.8. The summed E-state index contributed by atoms with van der Waals surface area (Å²) in [7, 11) is 0. The predicted molar refractivity (Wildman–Crippen MR) is 186 cm³/mol. The van der Waals surface area contributed by atoms with Crippen LogP contribution in [0, 0.1) is 0 Å². The van der Waals surface area contributed by atoms with Crippen molar-refractivity contribution < 1.29 is 48.4 Å². The number of amides is 1. The number of aromatic carboxylic acids is 2. The lowest BCUT2D eigenvalue weighted by molar-refractivity contribution is -0.123. The Labute approximate surface area is 302 Å². The maximum Gasteiger partial charge on any atom is 0.343 e. The molecule has 0 aromatic heterocycles. The van der Waals surface area contributed by atoms with Gasteiger partial charge in [0.2, 0.25) is 5.91 Å². The maximum absolute atomic E-state index is 13.4. The van der Waals surface area contributed by atoms with Crippen molar-refractivity contribution in [3.63, 3.8) is 0 Å². The molecule has 0 aliphatic carbocycles. The second kappa shape index (κ2) is 15.4. The summed E-state index contributed by atoms with van der Waals surface area (Å²) in [5.41, 5.74) is 3.17. The topological polar surface area (TPSA) is 192 Å².